The first-order valence-electron chi connectivity index (χ1n) is 11.1. The number of para-hydroxylation sites is 2. The molecule has 0 unspecified atom stereocenters. The Balaban J connectivity index is 1.38. The van der Waals surface area contributed by atoms with Crippen molar-refractivity contribution in [2.75, 3.05) is 13.2 Å². The average Bonchev–Trinajstić information content (AvgIpc) is 3.34. The van der Waals surface area contributed by atoms with Gasteiger partial charge in [0.15, 0.2) is 0 Å². The lowest BCUT2D eigenvalue weighted by atomic mass is 10.1. The number of fused-ring (bicyclic) bond motifs is 1. The Labute approximate surface area is 221 Å². The fraction of sp³-hybridized carbons (Fsp3) is 0.111. The van der Waals surface area contributed by atoms with Crippen LogP contribution in [-0.4, -0.2) is 33.8 Å². The number of thioether (sulfide) groups is 1. The first kappa shape index (κ1) is 24.4. The molecule has 9 heteroatoms. The minimum atomic E-state index is -0.387. The number of hydrogen-bond acceptors (Lipinski definition) is 4. The smallest absolute Gasteiger partial charge is 0.293 e. The lowest BCUT2D eigenvalue weighted by Gasteiger charge is -2.13. The highest BCUT2D eigenvalue weighted by molar-refractivity contribution is 8.18. The number of imide groups is 1. The van der Waals surface area contributed by atoms with E-state index < -0.39 is 0 Å². The molecule has 4 aromatic rings. The fourth-order valence-corrected chi connectivity index (χ4v) is 5.29. The van der Waals surface area contributed by atoms with Crippen LogP contribution in [-0.2, 0) is 11.3 Å². The van der Waals surface area contributed by atoms with Crippen molar-refractivity contribution in [1.29, 1.82) is 0 Å². The molecule has 2 amide bonds. The Hall–Kier alpha value is -3.26. The predicted octanol–water partition coefficient (Wildman–Crippen LogP) is 7.25. The molecule has 3 aromatic carbocycles. The minimum Gasteiger partial charge on any atom is -0.490 e. The van der Waals surface area contributed by atoms with Gasteiger partial charge in [0.1, 0.15) is 18.2 Å². The third-order valence-electron chi connectivity index (χ3n) is 5.78. The van der Waals surface area contributed by atoms with Crippen molar-refractivity contribution in [1.82, 2.24) is 9.47 Å². The van der Waals surface area contributed by atoms with Crippen LogP contribution in [0.5, 0.6) is 5.75 Å². The van der Waals surface area contributed by atoms with Crippen LogP contribution in [0.1, 0.15) is 11.1 Å². The van der Waals surface area contributed by atoms with E-state index in [0.717, 1.165) is 33.1 Å². The van der Waals surface area contributed by atoms with Crippen molar-refractivity contribution in [3.63, 3.8) is 0 Å². The largest absolute Gasteiger partial charge is 0.490 e. The van der Waals surface area contributed by atoms with Crippen LogP contribution in [0.2, 0.25) is 10.0 Å². The molecule has 0 atom stereocenters. The monoisotopic (exact) mass is 540 g/mol. The number of rotatable bonds is 7. The molecule has 0 radical (unpaired) electrons. The second-order valence-electron chi connectivity index (χ2n) is 8.04. The van der Waals surface area contributed by atoms with Gasteiger partial charge in [-0.2, -0.15) is 0 Å². The molecular weight excluding hydrogens is 522 g/mol. The van der Waals surface area contributed by atoms with E-state index in [0.29, 0.717) is 26.3 Å². The lowest BCUT2D eigenvalue weighted by Crippen LogP contribution is -2.32. The Morgan fingerprint density at radius 3 is 2.50 bits per heavy atom. The number of carbonyl (C=O) groups excluding carboxylic acids is 2. The quantitative estimate of drug-likeness (QED) is 0.231. The van der Waals surface area contributed by atoms with Crippen molar-refractivity contribution in [3.8, 4) is 5.75 Å². The van der Waals surface area contributed by atoms with Crippen LogP contribution < -0.4 is 4.74 Å². The summed E-state index contributed by atoms with van der Waals surface area (Å²) in [6.07, 6.45) is 3.53. The van der Waals surface area contributed by atoms with E-state index in [9.17, 15) is 14.0 Å². The van der Waals surface area contributed by atoms with Gasteiger partial charge in [-0.05, 0) is 48.2 Å². The average molecular weight is 541 g/mol. The Morgan fingerprint density at radius 2 is 1.69 bits per heavy atom. The van der Waals surface area contributed by atoms with E-state index in [1.54, 1.807) is 42.5 Å². The zero-order chi connectivity index (χ0) is 25.2. The topological polar surface area (TPSA) is 51.5 Å². The van der Waals surface area contributed by atoms with E-state index >= 15 is 0 Å². The number of ether oxygens (including phenoxy) is 1. The molecule has 36 heavy (non-hydrogen) atoms. The van der Waals surface area contributed by atoms with Crippen LogP contribution in [0.25, 0.3) is 17.0 Å². The number of carbonyl (C=O) groups is 2. The summed E-state index contributed by atoms with van der Waals surface area (Å²) in [5, 5.41) is 1.31. The predicted molar refractivity (Wildman–Crippen MR) is 142 cm³/mol. The van der Waals surface area contributed by atoms with Gasteiger partial charge in [0.2, 0.25) is 0 Å². The molecular formula is C27H19Cl2FN2O3S. The van der Waals surface area contributed by atoms with Gasteiger partial charge in [0, 0.05) is 33.2 Å². The molecule has 5 rings (SSSR count). The zero-order valence-electron chi connectivity index (χ0n) is 18.8. The maximum atomic E-state index is 14.4. The zero-order valence-corrected chi connectivity index (χ0v) is 21.1. The van der Waals surface area contributed by atoms with Gasteiger partial charge >= 0.3 is 0 Å². The summed E-state index contributed by atoms with van der Waals surface area (Å²) in [4.78, 5) is 27.0. The van der Waals surface area contributed by atoms with Gasteiger partial charge < -0.3 is 9.30 Å². The molecule has 1 aromatic heterocycles. The number of amides is 2. The van der Waals surface area contributed by atoms with Gasteiger partial charge in [0.05, 0.1) is 23.0 Å². The standard InChI is InChI=1S/C27H19Cl2FN2O3S/c28-20-8-5-9-22(30)19(20)16-31-15-17(18-6-1-3-10-23(18)31)14-25-26(33)32(27(34)36-25)12-13-35-24-11-4-2-7-21(24)29/h1-11,14-15H,12-13,16H2/b25-14-. The third-order valence-corrected chi connectivity index (χ3v) is 7.35. The summed E-state index contributed by atoms with van der Waals surface area (Å²) in [6.45, 7) is 0.444. The van der Waals surface area contributed by atoms with Gasteiger partial charge in [0.25, 0.3) is 11.1 Å². The highest BCUT2D eigenvalue weighted by Crippen LogP contribution is 2.34. The van der Waals surface area contributed by atoms with Crippen LogP contribution in [0.4, 0.5) is 9.18 Å². The van der Waals surface area contributed by atoms with Crippen LogP contribution >= 0.6 is 35.0 Å². The second-order valence-corrected chi connectivity index (χ2v) is 9.85. The van der Waals surface area contributed by atoms with Crippen LogP contribution in [0, 0.1) is 5.82 Å². The highest BCUT2D eigenvalue weighted by Gasteiger charge is 2.35. The normalized spacial score (nSPS) is 14.9. The molecule has 0 saturated carbocycles. The first-order valence-corrected chi connectivity index (χ1v) is 12.6. The van der Waals surface area contributed by atoms with Crippen molar-refractivity contribution in [2.45, 2.75) is 6.54 Å². The van der Waals surface area contributed by atoms with Crippen LogP contribution in [0.3, 0.4) is 0 Å². The molecule has 5 nitrogen and oxygen atoms in total. The number of aromatic nitrogens is 1. The molecule has 0 spiro atoms. The third kappa shape index (κ3) is 4.87. The van der Waals surface area contributed by atoms with E-state index in [2.05, 4.69) is 0 Å². The number of halogens is 3. The SMILES string of the molecule is O=C1S/C(=C\c2cn(Cc3c(F)cccc3Cl)c3ccccc23)C(=O)N1CCOc1ccccc1Cl. The van der Waals surface area contributed by atoms with E-state index in [-0.39, 0.29) is 36.7 Å². The van der Waals surface area contributed by atoms with Gasteiger partial charge in [-0.1, -0.05) is 59.6 Å². The van der Waals surface area contributed by atoms with Crippen molar-refractivity contribution < 1.29 is 18.7 Å². The maximum Gasteiger partial charge on any atom is 0.293 e. The minimum absolute atomic E-state index is 0.0980. The maximum absolute atomic E-state index is 14.4. The molecule has 0 aliphatic carbocycles. The number of hydrogen-bond donors (Lipinski definition) is 0. The van der Waals surface area contributed by atoms with Crippen LogP contribution in [0.15, 0.2) is 77.8 Å². The summed E-state index contributed by atoms with van der Waals surface area (Å²) < 4.78 is 21.9. The van der Waals surface area contributed by atoms with Crippen molar-refractivity contribution in [2.24, 2.45) is 0 Å². The summed E-state index contributed by atoms with van der Waals surface area (Å²) in [5.74, 6) is -0.284. The number of benzene rings is 3. The molecule has 1 fully saturated rings. The summed E-state index contributed by atoms with van der Waals surface area (Å²) in [6, 6.07) is 19.2. The first-order chi connectivity index (χ1) is 17.4. The Morgan fingerprint density at radius 1 is 0.944 bits per heavy atom. The van der Waals surface area contributed by atoms with Crippen molar-refractivity contribution >= 4 is 63.1 Å². The summed E-state index contributed by atoms with van der Waals surface area (Å²) in [5.41, 5.74) is 1.98. The molecule has 1 aliphatic heterocycles. The molecule has 0 N–H and O–H groups in total. The highest BCUT2D eigenvalue weighted by atomic mass is 35.5. The second kappa shape index (κ2) is 10.4. The summed E-state index contributed by atoms with van der Waals surface area (Å²) in [7, 11) is 0. The molecule has 0 bridgehead atoms. The summed E-state index contributed by atoms with van der Waals surface area (Å²) >= 11 is 13.2. The Bertz CT molecular complexity index is 1500. The van der Waals surface area contributed by atoms with Gasteiger partial charge in [-0.15, -0.1) is 0 Å². The molecule has 182 valence electrons. The molecule has 2 heterocycles. The van der Waals surface area contributed by atoms with Crippen molar-refractivity contribution in [3.05, 3.63) is 105 Å². The fourth-order valence-electron chi connectivity index (χ4n) is 4.02. The van der Waals surface area contributed by atoms with E-state index in [1.165, 1.54) is 6.07 Å². The lowest BCUT2D eigenvalue weighted by molar-refractivity contribution is -0.123. The Kier molecular flexibility index (Phi) is 7.05. The van der Waals surface area contributed by atoms with Gasteiger partial charge in [-0.25, -0.2) is 4.39 Å². The molecule has 1 aliphatic rings. The molecule has 1 saturated heterocycles. The van der Waals surface area contributed by atoms with Gasteiger partial charge in [-0.3, -0.25) is 14.5 Å². The number of nitrogens with zero attached hydrogens (tertiary/aromatic N) is 2. The van der Waals surface area contributed by atoms with E-state index in [4.69, 9.17) is 27.9 Å². The van der Waals surface area contributed by atoms with E-state index in [1.807, 2.05) is 35.0 Å².